The summed E-state index contributed by atoms with van der Waals surface area (Å²) in [4.78, 5) is 3.80. The van der Waals surface area contributed by atoms with Crippen molar-refractivity contribution in [3.8, 4) is 0 Å². The third-order valence-electron chi connectivity index (χ3n) is 3.44. The number of likely N-dealkylation sites (N-methyl/N-ethyl adjacent to an activating group) is 1. The van der Waals surface area contributed by atoms with E-state index < -0.39 is 0 Å². The topological polar surface area (TPSA) is 15.3 Å². The van der Waals surface area contributed by atoms with Gasteiger partial charge in [-0.2, -0.15) is 0 Å². The first-order chi connectivity index (χ1) is 7.95. The fraction of sp³-hybridized carbons (Fsp3) is 0.692. The molecule has 98 valence electrons. The van der Waals surface area contributed by atoms with E-state index in [1.54, 1.807) is 11.3 Å². The molecule has 2 nitrogen and oxygen atoms in total. The summed E-state index contributed by atoms with van der Waals surface area (Å²) < 4.78 is 1.18. The van der Waals surface area contributed by atoms with Gasteiger partial charge in [0.25, 0.3) is 0 Å². The lowest BCUT2D eigenvalue weighted by Gasteiger charge is -2.34. The van der Waals surface area contributed by atoms with Crippen molar-refractivity contribution in [2.24, 2.45) is 0 Å². The number of hydrogen-bond donors (Lipinski definition) is 1. The van der Waals surface area contributed by atoms with Crippen molar-refractivity contribution in [3.63, 3.8) is 0 Å². The van der Waals surface area contributed by atoms with E-state index >= 15 is 0 Å². The normalized spacial score (nSPS) is 12.4. The molecule has 1 aromatic rings. The zero-order valence-electron chi connectivity index (χ0n) is 11.2. The van der Waals surface area contributed by atoms with E-state index in [-0.39, 0.29) is 0 Å². The maximum absolute atomic E-state index is 3.49. The Labute approximate surface area is 118 Å². The van der Waals surface area contributed by atoms with Crippen molar-refractivity contribution in [2.75, 3.05) is 20.1 Å². The van der Waals surface area contributed by atoms with Gasteiger partial charge in [-0.1, -0.05) is 6.92 Å². The Morgan fingerprint density at radius 2 is 2.18 bits per heavy atom. The predicted molar refractivity (Wildman–Crippen MR) is 80.7 cm³/mol. The van der Waals surface area contributed by atoms with E-state index in [9.17, 15) is 0 Å². The van der Waals surface area contributed by atoms with Crippen molar-refractivity contribution in [1.82, 2.24) is 10.2 Å². The summed E-state index contributed by atoms with van der Waals surface area (Å²) in [5, 5.41) is 5.62. The SMILES string of the molecule is CCC(C)(C)N(C)CCNCc1cc(Br)cs1. The summed E-state index contributed by atoms with van der Waals surface area (Å²) in [6.07, 6.45) is 1.18. The smallest absolute Gasteiger partial charge is 0.0300 e. The quantitative estimate of drug-likeness (QED) is 0.771. The molecule has 4 heteroatoms. The van der Waals surface area contributed by atoms with E-state index in [2.05, 4.69) is 65.4 Å². The molecular weight excluding hydrogens is 296 g/mol. The lowest BCUT2D eigenvalue weighted by atomic mass is 10.0. The molecule has 0 unspecified atom stereocenters. The Morgan fingerprint density at radius 1 is 1.47 bits per heavy atom. The summed E-state index contributed by atoms with van der Waals surface area (Å²) in [5.74, 6) is 0. The van der Waals surface area contributed by atoms with Gasteiger partial charge in [0, 0.05) is 39.9 Å². The number of rotatable bonds is 7. The van der Waals surface area contributed by atoms with Gasteiger partial charge in [0.05, 0.1) is 0 Å². The highest BCUT2D eigenvalue weighted by Gasteiger charge is 2.19. The standard InChI is InChI=1S/C13H23BrN2S/c1-5-13(2,3)16(4)7-6-15-9-12-8-11(14)10-17-12/h8,10,15H,5-7,9H2,1-4H3. The molecule has 17 heavy (non-hydrogen) atoms. The highest BCUT2D eigenvalue weighted by atomic mass is 79.9. The molecule has 0 saturated carbocycles. The number of hydrogen-bond acceptors (Lipinski definition) is 3. The molecule has 0 amide bonds. The monoisotopic (exact) mass is 318 g/mol. The van der Waals surface area contributed by atoms with Gasteiger partial charge in [0.2, 0.25) is 0 Å². The highest BCUT2D eigenvalue weighted by molar-refractivity contribution is 9.10. The molecule has 0 bridgehead atoms. The van der Waals surface area contributed by atoms with Crippen LogP contribution in [0.1, 0.15) is 32.1 Å². The second-order valence-electron chi connectivity index (χ2n) is 5.00. The minimum Gasteiger partial charge on any atom is -0.311 e. The van der Waals surface area contributed by atoms with Crippen LogP contribution in [0.3, 0.4) is 0 Å². The Hall–Kier alpha value is 0.1000. The first kappa shape index (κ1) is 15.2. The fourth-order valence-corrected chi connectivity index (χ4v) is 2.90. The number of thiophene rings is 1. The minimum absolute atomic E-state index is 0.299. The zero-order chi connectivity index (χ0) is 12.9. The van der Waals surface area contributed by atoms with Crippen LogP contribution in [0.15, 0.2) is 15.9 Å². The van der Waals surface area contributed by atoms with Gasteiger partial charge in [-0.25, -0.2) is 0 Å². The van der Waals surface area contributed by atoms with Gasteiger partial charge in [0.1, 0.15) is 0 Å². The summed E-state index contributed by atoms with van der Waals surface area (Å²) in [5.41, 5.74) is 0.299. The number of nitrogens with one attached hydrogen (secondary N) is 1. The van der Waals surface area contributed by atoms with E-state index in [1.165, 1.54) is 15.8 Å². The van der Waals surface area contributed by atoms with Crippen molar-refractivity contribution in [1.29, 1.82) is 0 Å². The summed E-state index contributed by atoms with van der Waals surface area (Å²) in [7, 11) is 2.20. The predicted octanol–water partition coefficient (Wildman–Crippen LogP) is 3.72. The molecule has 0 aromatic carbocycles. The van der Waals surface area contributed by atoms with Crippen LogP contribution in [0.5, 0.6) is 0 Å². The van der Waals surface area contributed by atoms with Gasteiger partial charge in [-0.05, 0) is 49.3 Å². The van der Waals surface area contributed by atoms with Crippen LogP contribution < -0.4 is 5.32 Å². The number of nitrogens with zero attached hydrogens (tertiary/aromatic N) is 1. The maximum atomic E-state index is 3.49. The molecule has 0 aliphatic rings. The first-order valence-electron chi connectivity index (χ1n) is 6.10. The second kappa shape index (κ2) is 6.88. The van der Waals surface area contributed by atoms with Crippen molar-refractivity contribution >= 4 is 27.3 Å². The van der Waals surface area contributed by atoms with E-state index in [1.807, 2.05) is 0 Å². The molecule has 1 rings (SSSR count). The van der Waals surface area contributed by atoms with Crippen molar-refractivity contribution in [2.45, 2.75) is 39.3 Å². The molecule has 0 radical (unpaired) electrons. The summed E-state index contributed by atoms with van der Waals surface area (Å²) in [6, 6.07) is 2.18. The Kier molecular flexibility index (Phi) is 6.13. The highest BCUT2D eigenvalue weighted by Crippen LogP contribution is 2.19. The molecule has 1 aromatic heterocycles. The minimum atomic E-state index is 0.299. The van der Waals surface area contributed by atoms with Gasteiger partial charge in [-0.3, -0.25) is 4.90 Å². The molecule has 0 atom stereocenters. The van der Waals surface area contributed by atoms with Crippen molar-refractivity contribution < 1.29 is 0 Å². The summed E-state index contributed by atoms with van der Waals surface area (Å²) >= 11 is 5.27. The van der Waals surface area contributed by atoms with Crippen LogP contribution >= 0.6 is 27.3 Å². The van der Waals surface area contributed by atoms with Crippen LogP contribution in [-0.2, 0) is 6.54 Å². The Balaban J connectivity index is 2.20. The molecule has 0 fully saturated rings. The Bertz CT molecular complexity index is 336. The van der Waals surface area contributed by atoms with E-state index in [0.29, 0.717) is 5.54 Å². The van der Waals surface area contributed by atoms with Gasteiger partial charge in [-0.15, -0.1) is 11.3 Å². The number of halogens is 1. The summed E-state index contributed by atoms with van der Waals surface area (Å²) in [6.45, 7) is 9.93. The molecule has 0 aliphatic carbocycles. The third-order valence-corrected chi connectivity index (χ3v) is 5.14. The lowest BCUT2D eigenvalue weighted by Crippen LogP contribution is -2.43. The van der Waals surface area contributed by atoms with Gasteiger partial charge in [0.15, 0.2) is 0 Å². The molecule has 0 aliphatic heterocycles. The van der Waals surface area contributed by atoms with Crippen LogP contribution in [0, 0.1) is 0 Å². The Morgan fingerprint density at radius 3 is 2.71 bits per heavy atom. The van der Waals surface area contributed by atoms with Crippen LogP contribution in [-0.4, -0.2) is 30.6 Å². The molecule has 0 spiro atoms. The zero-order valence-corrected chi connectivity index (χ0v) is 13.6. The fourth-order valence-electron chi connectivity index (χ4n) is 1.48. The average molecular weight is 319 g/mol. The molecule has 0 saturated heterocycles. The largest absolute Gasteiger partial charge is 0.311 e. The van der Waals surface area contributed by atoms with Crippen LogP contribution in [0.25, 0.3) is 0 Å². The molecule has 1 heterocycles. The van der Waals surface area contributed by atoms with Crippen LogP contribution in [0.2, 0.25) is 0 Å². The lowest BCUT2D eigenvalue weighted by molar-refractivity contribution is 0.152. The molecule has 1 N–H and O–H groups in total. The van der Waals surface area contributed by atoms with Crippen LogP contribution in [0.4, 0.5) is 0 Å². The maximum Gasteiger partial charge on any atom is 0.0300 e. The second-order valence-corrected chi connectivity index (χ2v) is 6.91. The molecular formula is C13H23BrN2S. The van der Waals surface area contributed by atoms with E-state index in [0.717, 1.165) is 19.6 Å². The van der Waals surface area contributed by atoms with Gasteiger partial charge < -0.3 is 5.32 Å². The first-order valence-corrected chi connectivity index (χ1v) is 7.78. The van der Waals surface area contributed by atoms with E-state index in [4.69, 9.17) is 0 Å². The average Bonchev–Trinajstić information content (AvgIpc) is 2.70. The van der Waals surface area contributed by atoms with Crippen molar-refractivity contribution in [3.05, 3.63) is 20.8 Å². The third kappa shape index (κ3) is 5.08. The van der Waals surface area contributed by atoms with Gasteiger partial charge >= 0.3 is 0 Å².